The molecule has 1 aromatic rings. The molecule has 5 nitrogen and oxygen atoms in total. The van der Waals surface area contributed by atoms with Gasteiger partial charge in [-0.15, -0.1) is 11.6 Å². The SMILES string of the molecule is COC(=O)c1cc(C(O)C(O)CCl)cnc1Cl. The fourth-order valence-corrected chi connectivity index (χ4v) is 1.53. The van der Waals surface area contributed by atoms with E-state index in [1.54, 1.807) is 0 Å². The van der Waals surface area contributed by atoms with Crippen molar-refractivity contribution in [3.63, 3.8) is 0 Å². The van der Waals surface area contributed by atoms with Crippen molar-refractivity contribution in [2.24, 2.45) is 0 Å². The van der Waals surface area contributed by atoms with Gasteiger partial charge in [-0.1, -0.05) is 11.6 Å². The number of nitrogens with zero attached hydrogens (tertiary/aromatic N) is 1. The lowest BCUT2D eigenvalue weighted by Crippen LogP contribution is -2.20. The second kappa shape index (κ2) is 6.16. The molecule has 0 amide bonds. The Balaban J connectivity index is 3.08. The second-order valence-corrected chi connectivity index (χ2v) is 3.93. The molecule has 2 atom stereocenters. The highest BCUT2D eigenvalue weighted by Gasteiger charge is 2.21. The number of alkyl halides is 1. The van der Waals surface area contributed by atoms with Crippen molar-refractivity contribution >= 4 is 29.2 Å². The van der Waals surface area contributed by atoms with Crippen LogP contribution in [0.25, 0.3) is 0 Å². The Labute approximate surface area is 108 Å². The minimum atomic E-state index is -1.24. The number of aliphatic hydroxyl groups is 2. The number of esters is 1. The summed E-state index contributed by atoms with van der Waals surface area (Å²) in [7, 11) is 1.20. The Bertz CT molecular complexity index is 413. The molecule has 0 aliphatic heterocycles. The lowest BCUT2D eigenvalue weighted by atomic mass is 10.1. The van der Waals surface area contributed by atoms with Crippen LogP contribution in [-0.4, -0.2) is 40.3 Å². The molecule has 17 heavy (non-hydrogen) atoms. The van der Waals surface area contributed by atoms with Crippen LogP contribution in [0.2, 0.25) is 5.15 Å². The molecule has 7 heteroatoms. The third-order valence-corrected chi connectivity index (χ3v) is 2.75. The molecular formula is C10H11Cl2NO4. The number of carbonyl (C=O) groups excluding carboxylic acids is 1. The van der Waals surface area contributed by atoms with E-state index in [1.807, 2.05) is 0 Å². The summed E-state index contributed by atoms with van der Waals surface area (Å²) in [5.41, 5.74) is 0.260. The van der Waals surface area contributed by atoms with E-state index >= 15 is 0 Å². The Morgan fingerprint density at radius 2 is 2.24 bits per heavy atom. The van der Waals surface area contributed by atoms with Crippen molar-refractivity contribution in [2.45, 2.75) is 12.2 Å². The first-order valence-electron chi connectivity index (χ1n) is 4.67. The van der Waals surface area contributed by atoms with Crippen LogP contribution in [0.15, 0.2) is 12.3 Å². The molecule has 0 spiro atoms. The van der Waals surface area contributed by atoms with E-state index in [2.05, 4.69) is 9.72 Å². The quantitative estimate of drug-likeness (QED) is 0.491. The molecule has 0 radical (unpaired) electrons. The number of halogens is 2. The fourth-order valence-electron chi connectivity index (χ4n) is 1.19. The molecule has 1 rings (SSSR count). The zero-order valence-electron chi connectivity index (χ0n) is 8.93. The normalized spacial score (nSPS) is 14.2. The second-order valence-electron chi connectivity index (χ2n) is 3.27. The highest BCUT2D eigenvalue weighted by atomic mass is 35.5. The maximum absolute atomic E-state index is 11.3. The van der Waals surface area contributed by atoms with E-state index in [1.165, 1.54) is 19.4 Å². The number of carbonyl (C=O) groups is 1. The van der Waals surface area contributed by atoms with Gasteiger partial charge < -0.3 is 14.9 Å². The number of aliphatic hydroxyl groups excluding tert-OH is 2. The van der Waals surface area contributed by atoms with Crippen LogP contribution in [0, 0.1) is 0 Å². The van der Waals surface area contributed by atoms with Crippen molar-refractivity contribution < 1.29 is 19.7 Å². The van der Waals surface area contributed by atoms with Gasteiger partial charge in [0.1, 0.15) is 11.3 Å². The first-order valence-corrected chi connectivity index (χ1v) is 5.58. The maximum atomic E-state index is 11.3. The average molecular weight is 280 g/mol. The van der Waals surface area contributed by atoms with E-state index in [4.69, 9.17) is 23.2 Å². The van der Waals surface area contributed by atoms with Crippen LogP contribution in [0.1, 0.15) is 22.0 Å². The van der Waals surface area contributed by atoms with Crippen molar-refractivity contribution in [3.8, 4) is 0 Å². The number of rotatable bonds is 4. The molecule has 1 aromatic heterocycles. The molecule has 1 heterocycles. The highest BCUT2D eigenvalue weighted by molar-refractivity contribution is 6.32. The van der Waals surface area contributed by atoms with Crippen LogP contribution >= 0.6 is 23.2 Å². The van der Waals surface area contributed by atoms with Gasteiger partial charge in [0.25, 0.3) is 0 Å². The third kappa shape index (κ3) is 3.29. The number of hydrogen-bond donors (Lipinski definition) is 2. The summed E-state index contributed by atoms with van der Waals surface area (Å²) in [6.45, 7) is 0. The standard InChI is InChI=1S/C10H11Cl2NO4/c1-17-10(16)6-2-5(4-13-9(6)12)8(15)7(14)3-11/h2,4,7-8,14-15H,3H2,1H3. The fraction of sp³-hybridized carbons (Fsp3) is 0.400. The van der Waals surface area contributed by atoms with Gasteiger partial charge in [0.05, 0.1) is 24.7 Å². The monoisotopic (exact) mass is 279 g/mol. The third-order valence-electron chi connectivity index (χ3n) is 2.13. The van der Waals surface area contributed by atoms with Gasteiger partial charge in [-0.05, 0) is 6.07 Å². The summed E-state index contributed by atoms with van der Waals surface area (Å²) < 4.78 is 4.51. The molecule has 94 valence electrons. The maximum Gasteiger partial charge on any atom is 0.341 e. The van der Waals surface area contributed by atoms with Crippen LogP contribution in [0.4, 0.5) is 0 Å². The van der Waals surface area contributed by atoms with Crippen LogP contribution in [-0.2, 0) is 4.74 Å². The van der Waals surface area contributed by atoms with Crippen LogP contribution < -0.4 is 0 Å². The van der Waals surface area contributed by atoms with Crippen molar-refractivity contribution in [1.29, 1.82) is 0 Å². The van der Waals surface area contributed by atoms with Crippen molar-refractivity contribution in [3.05, 3.63) is 28.5 Å². The van der Waals surface area contributed by atoms with Gasteiger partial charge in [0.2, 0.25) is 0 Å². The number of ether oxygens (including phenoxy) is 1. The van der Waals surface area contributed by atoms with Gasteiger partial charge in [0.15, 0.2) is 0 Å². The Kier molecular flexibility index (Phi) is 5.14. The van der Waals surface area contributed by atoms with Gasteiger partial charge in [-0.3, -0.25) is 0 Å². The number of aromatic nitrogens is 1. The Morgan fingerprint density at radius 1 is 1.59 bits per heavy atom. The molecule has 0 aliphatic rings. The molecule has 0 aliphatic carbocycles. The largest absolute Gasteiger partial charge is 0.465 e. The van der Waals surface area contributed by atoms with Gasteiger partial charge in [0, 0.05) is 11.8 Å². The molecule has 0 aromatic carbocycles. The first kappa shape index (κ1) is 14.2. The van der Waals surface area contributed by atoms with Gasteiger partial charge >= 0.3 is 5.97 Å². The summed E-state index contributed by atoms with van der Waals surface area (Å²) >= 11 is 11.1. The Morgan fingerprint density at radius 3 is 2.76 bits per heavy atom. The zero-order valence-corrected chi connectivity index (χ0v) is 10.4. The summed E-state index contributed by atoms with van der Waals surface area (Å²) in [5.74, 6) is -0.811. The predicted molar refractivity (Wildman–Crippen MR) is 62.3 cm³/mol. The van der Waals surface area contributed by atoms with E-state index in [-0.39, 0.29) is 22.2 Å². The van der Waals surface area contributed by atoms with E-state index in [0.717, 1.165) is 0 Å². The molecule has 0 fully saturated rings. The van der Waals surface area contributed by atoms with Gasteiger partial charge in [-0.25, -0.2) is 9.78 Å². The molecule has 0 saturated heterocycles. The van der Waals surface area contributed by atoms with Crippen molar-refractivity contribution in [2.75, 3.05) is 13.0 Å². The first-order chi connectivity index (χ1) is 8.01. The molecule has 0 saturated carbocycles. The Hall–Kier alpha value is -0.880. The zero-order chi connectivity index (χ0) is 13.0. The summed E-state index contributed by atoms with van der Waals surface area (Å²) in [6.07, 6.45) is -1.12. The predicted octanol–water partition coefficient (Wildman–Crippen LogP) is 1.15. The van der Waals surface area contributed by atoms with Crippen LogP contribution in [0.5, 0.6) is 0 Å². The van der Waals surface area contributed by atoms with Crippen molar-refractivity contribution in [1.82, 2.24) is 4.98 Å². The molecule has 2 N–H and O–H groups in total. The summed E-state index contributed by atoms with van der Waals surface area (Å²) in [5, 5.41) is 19.0. The highest BCUT2D eigenvalue weighted by Crippen LogP contribution is 2.22. The lowest BCUT2D eigenvalue weighted by Gasteiger charge is -2.16. The minimum Gasteiger partial charge on any atom is -0.465 e. The molecule has 2 unspecified atom stereocenters. The lowest BCUT2D eigenvalue weighted by molar-refractivity contribution is 0.0323. The average Bonchev–Trinajstić information content (AvgIpc) is 2.36. The van der Waals surface area contributed by atoms with E-state index < -0.39 is 18.2 Å². The van der Waals surface area contributed by atoms with E-state index in [9.17, 15) is 15.0 Å². The number of hydrogen-bond acceptors (Lipinski definition) is 5. The van der Waals surface area contributed by atoms with E-state index in [0.29, 0.717) is 0 Å². The smallest absolute Gasteiger partial charge is 0.341 e. The van der Waals surface area contributed by atoms with Gasteiger partial charge in [-0.2, -0.15) is 0 Å². The summed E-state index contributed by atoms with van der Waals surface area (Å²) in [4.78, 5) is 15.1. The minimum absolute atomic E-state index is 0.0208. The number of pyridine rings is 1. The molecule has 0 bridgehead atoms. The molecular weight excluding hydrogens is 269 g/mol. The topological polar surface area (TPSA) is 79.7 Å². The number of methoxy groups -OCH3 is 1. The van der Waals surface area contributed by atoms with Crippen LogP contribution in [0.3, 0.4) is 0 Å². The summed E-state index contributed by atoms with van der Waals surface area (Å²) in [6, 6.07) is 1.31.